The van der Waals surface area contributed by atoms with Gasteiger partial charge in [0, 0.05) is 12.6 Å². The zero-order valence-corrected chi connectivity index (χ0v) is 8.72. The van der Waals surface area contributed by atoms with Crippen molar-refractivity contribution in [2.75, 3.05) is 13.2 Å². The van der Waals surface area contributed by atoms with Crippen molar-refractivity contribution in [3.8, 4) is 0 Å². The lowest BCUT2D eigenvalue weighted by atomic mass is 10.3. The Hall–Kier alpha value is -0.840. The maximum atomic E-state index is 8.93. The summed E-state index contributed by atoms with van der Waals surface area (Å²) in [5.74, 6) is 1.46. The molecule has 0 amide bonds. The third-order valence-corrected chi connectivity index (χ3v) is 2.68. The van der Waals surface area contributed by atoms with E-state index >= 15 is 0 Å². The van der Waals surface area contributed by atoms with Crippen LogP contribution in [-0.4, -0.2) is 34.3 Å². The van der Waals surface area contributed by atoms with Gasteiger partial charge in [-0.1, -0.05) is 0 Å². The molecule has 1 aromatic rings. The molecule has 1 aliphatic carbocycles. The zero-order valence-electron chi connectivity index (χ0n) is 8.72. The Morgan fingerprint density at radius 1 is 1.27 bits per heavy atom. The van der Waals surface area contributed by atoms with Gasteiger partial charge in [-0.05, 0) is 25.0 Å². The molecule has 15 heavy (non-hydrogen) atoms. The summed E-state index contributed by atoms with van der Waals surface area (Å²) in [6, 6.07) is 4.29. The van der Waals surface area contributed by atoms with E-state index in [0.29, 0.717) is 18.3 Å². The van der Waals surface area contributed by atoms with E-state index in [-0.39, 0.29) is 13.2 Å². The fourth-order valence-electron chi connectivity index (χ4n) is 1.75. The molecule has 1 aliphatic rings. The highest BCUT2D eigenvalue weighted by Crippen LogP contribution is 2.28. The summed E-state index contributed by atoms with van der Waals surface area (Å²) in [6.45, 7) is 1.55. The molecule has 1 aromatic heterocycles. The van der Waals surface area contributed by atoms with Gasteiger partial charge in [-0.2, -0.15) is 0 Å². The van der Waals surface area contributed by atoms with Crippen LogP contribution in [0.15, 0.2) is 16.5 Å². The highest BCUT2D eigenvalue weighted by Gasteiger charge is 2.28. The number of hydrogen-bond donors (Lipinski definition) is 2. The highest BCUT2D eigenvalue weighted by molar-refractivity contribution is 5.07. The zero-order chi connectivity index (χ0) is 10.7. The van der Waals surface area contributed by atoms with E-state index in [0.717, 1.165) is 12.3 Å². The Morgan fingerprint density at radius 2 is 2.00 bits per heavy atom. The van der Waals surface area contributed by atoms with Crippen LogP contribution < -0.4 is 0 Å². The molecule has 0 aliphatic heterocycles. The minimum atomic E-state index is -0.0522. The van der Waals surface area contributed by atoms with Crippen LogP contribution in [0, 0.1) is 0 Å². The van der Waals surface area contributed by atoms with E-state index in [1.807, 2.05) is 6.07 Å². The van der Waals surface area contributed by atoms with E-state index < -0.39 is 0 Å². The molecule has 0 spiro atoms. The van der Waals surface area contributed by atoms with Crippen LogP contribution in [0.4, 0.5) is 0 Å². The minimum Gasteiger partial charge on any atom is -0.462 e. The van der Waals surface area contributed by atoms with Gasteiger partial charge in [0.2, 0.25) is 0 Å². The smallest absolute Gasteiger partial charge is 0.129 e. The SMILES string of the molecule is OCCN(Cc1ccc(CO)o1)C1CC1. The van der Waals surface area contributed by atoms with E-state index in [1.54, 1.807) is 6.07 Å². The van der Waals surface area contributed by atoms with Crippen LogP contribution >= 0.6 is 0 Å². The fourth-order valence-corrected chi connectivity index (χ4v) is 1.75. The molecule has 0 saturated heterocycles. The Bertz CT molecular complexity index is 307. The molecular weight excluding hydrogens is 194 g/mol. The second kappa shape index (κ2) is 4.79. The summed E-state index contributed by atoms with van der Waals surface area (Å²) in [5, 5.41) is 17.8. The second-order valence-electron chi connectivity index (χ2n) is 3.95. The summed E-state index contributed by atoms with van der Waals surface area (Å²) >= 11 is 0. The van der Waals surface area contributed by atoms with Gasteiger partial charge >= 0.3 is 0 Å². The number of hydrogen-bond acceptors (Lipinski definition) is 4. The largest absolute Gasteiger partial charge is 0.462 e. The Labute approximate surface area is 89.1 Å². The Morgan fingerprint density at radius 3 is 2.53 bits per heavy atom. The van der Waals surface area contributed by atoms with Crippen molar-refractivity contribution in [2.45, 2.75) is 32.0 Å². The number of aliphatic hydroxyl groups excluding tert-OH is 2. The van der Waals surface area contributed by atoms with E-state index in [4.69, 9.17) is 14.6 Å². The molecule has 1 heterocycles. The van der Waals surface area contributed by atoms with Crippen molar-refractivity contribution < 1.29 is 14.6 Å². The summed E-state index contributed by atoms with van der Waals surface area (Å²) < 4.78 is 5.41. The molecule has 0 unspecified atom stereocenters. The predicted molar refractivity (Wildman–Crippen MR) is 55.1 cm³/mol. The minimum absolute atomic E-state index is 0.0522. The van der Waals surface area contributed by atoms with Crippen LogP contribution in [0.3, 0.4) is 0 Å². The van der Waals surface area contributed by atoms with Crippen LogP contribution in [0.25, 0.3) is 0 Å². The maximum absolute atomic E-state index is 8.93. The number of nitrogens with zero attached hydrogens (tertiary/aromatic N) is 1. The average molecular weight is 211 g/mol. The summed E-state index contributed by atoms with van der Waals surface area (Å²) in [6.07, 6.45) is 2.43. The maximum Gasteiger partial charge on any atom is 0.129 e. The number of aliphatic hydroxyl groups is 2. The molecule has 2 N–H and O–H groups in total. The van der Waals surface area contributed by atoms with Crippen LogP contribution in [0.2, 0.25) is 0 Å². The first-order valence-electron chi connectivity index (χ1n) is 5.37. The first kappa shape index (κ1) is 10.7. The molecule has 84 valence electrons. The van der Waals surface area contributed by atoms with Crippen LogP contribution in [-0.2, 0) is 13.2 Å². The molecule has 0 bridgehead atoms. The lowest BCUT2D eigenvalue weighted by molar-refractivity contribution is 0.169. The third-order valence-electron chi connectivity index (χ3n) is 2.68. The van der Waals surface area contributed by atoms with Crippen molar-refractivity contribution in [2.24, 2.45) is 0 Å². The lowest BCUT2D eigenvalue weighted by Crippen LogP contribution is -2.28. The van der Waals surface area contributed by atoms with Gasteiger partial charge in [0.25, 0.3) is 0 Å². The predicted octanol–water partition coefficient (Wildman–Crippen LogP) is 0.729. The van der Waals surface area contributed by atoms with Gasteiger partial charge in [0.1, 0.15) is 18.1 Å². The van der Waals surface area contributed by atoms with Gasteiger partial charge < -0.3 is 14.6 Å². The first-order chi connectivity index (χ1) is 7.33. The fraction of sp³-hybridized carbons (Fsp3) is 0.636. The molecular formula is C11H17NO3. The Balaban J connectivity index is 1.92. The van der Waals surface area contributed by atoms with Gasteiger partial charge in [-0.3, -0.25) is 4.90 Å². The summed E-state index contributed by atoms with van der Waals surface area (Å²) in [4.78, 5) is 2.22. The molecule has 0 radical (unpaired) electrons. The quantitative estimate of drug-likeness (QED) is 0.728. The van der Waals surface area contributed by atoms with E-state index in [9.17, 15) is 0 Å². The lowest BCUT2D eigenvalue weighted by Gasteiger charge is -2.18. The first-order valence-corrected chi connectivity index (χ1v) is 5.37. The van der Waals surface area contributed by atoms with Gasteiger partial charge in [-0.15, -0.1) is 0 Å². The molecule has 4 heteroatoms. The van der Waals surface area contributed by atoms with Crippen LogP contribution in [0.1, 0.15) is 24.4 Å². The second-order valence-corrected chi connectivity index (χ2v) is 3.95. The van der Waals surface area contributed by atoms with Crippen molar-refractivity contribution in [1.82, 2.24) is 4.90 Å². The van der Waals surface area contributed by atoms with Crippen molar-refractivity contribution in [1.29, 1.82) is 0 Å². The molecule has 0 aromatic carbocycles. The van der Waals surface area contributed by atoms with Crippen molar-refractivity contribution in [3.63, 3.8) is 0 Å². The average Bonchev–Trinajstić information content (AvgIpc) is 2.99. The number of furan rings is 1. The van der Waals surface area contributed by atoms with Crippen LogP contribution in [0.5, 0.6) is 0 Å². The number of rotatable bonds is 6. The molecule has 0 atom stereocenters. The Kier molecular flexibility index (Phi) is 3.41. The van der Waals surface area contributed by atoms with Crippen molar-refractivity contribution >= 4 is 0 Å². The molecule has 4 nitrogen and oxygen atoms in total. The third kappa shape index (κ3) is 2.81. The monoisotopic (exact) mass is 211 g/mol. The highest BCUT2D eigenvalue weighted by atomic mass is 16.4. The molecule has 1 saturated carbocycles. The standard InChI is InChI=1S/C11H17NO3/c13-6-5-12(9-1-2-9)7-10-3-4-11(8-14)15-10/h3-4,9,13-14H,1-2,5-8H2. The topological polar surface area (TPSA) is 56.8 Å². The summed E-state index contributed by atoms with van der Waals surface area (Å²) in [7, 11) is 0. The normalized spacial score (nSPS) is 16.2. The molecule has 2 rings (SSSR count). The van der Waals surface area contributed by atoms with E-state index in [1.165, 1.54) is 12.8 Å². The van der Waals surface area contributed by atoms with Gasteiger partial charge in [0.15, 0.2) is 0 Å². The summed E-state index contributed by atoms with van der Waals surface area (Å²) in [5.41, 5.74) is 0. The van der Waals surface area contributed by atoms with Gasteiger partial charge in [0.05, 0.1) is 13.2 Å². The van der Waals surface area contributed by atoms with E-state index in [2.05, 4.69) is 4.90 Å². The van der Waals surface area contributed by atoms with Crippen molar-refractivity contribution in [3.05, 3.63) is 23.7 Å². The van der Waals surface area contributed by atoms with Gasteiger partial charge in [-0.25, -0.2) is 0 Å². The molecule has 1 fully saturated rings.